The summed E-state index contributed by atoms with van der Waals surface area (Å²) < 4.78 is 11.1. The summed E-state index contributed by atoms with van der Waals surface area (Å²) in [5.74, 6) is -0.347. The molecule has 7 heteroatoms. The first-order valence-electron chi connectivity index (χ1n) is 8.52. The Bertz CT molecular complexity index is 341. The number of unbranched alkanes of at least 4 members (excludes halogenated alkanes) is 5. The fraction of sp³-hybridized carbons (Fsp3) is 0.938. The van der Waals surface area contributed by atoms with E-state index in [4.69, 9.17) is 9.47 Å². The maximum absolute atomic E-state index is 11.3. The van der Waals surface area contributed by atoms with Gasteiger partial charge in [0.25, 0.3) is 0 Å². The van der Waals surface area contributed by atoms with Crippen molar-refractivity contribution in [2.75, 3.05) is 13.2 Å². The molecule has 1 amide bonds. The van der Waals surface area contributed by atoms with E-state index in [0.717, 1.165) is 19.3 Å². The lowest BCUT2D eigenvalue weighted by Crippen LogP contribution is -2.64. The molecule has 0 radical (unpaired) electrons. The van der Waals surface area contributed by atoms with Crippen LogP contribution in [0, 0.1) is 0 Å². The van der Waals surface area contributed by atoms with Crippen molar-refractivity contribution in [2.24, 2.45) is 0 Å². The number of hydrogen-bond acceptors (Lipinski definition) is 6. The third-order valence-corrected chi connectivity index (χ3v) is 4.03. The third-order valence-electron chi connectivity index (χ3n) is 4.03. The fourth-order valence-electron chi connectivity index (χ4n) is 2.69. The molecule has 7 nitrogen and oxygen atoms in total. The van der Waals surface area contributed by atoms with Gasteiger partial charge in [0.1, 0.15) is 24.4 Å². The fourth-order valence-corrected chi connectivity index (χ4v) is 2.69. The third kappa shape index (κ3) is 6.73. The molecule has 5 atom stereocenters. The Morgan fingerprint density at radius 3 is 2.39 bits per heavy atom. The van der Waals surface area contributed by atoms with Gasteiger partial charge in [0, 0.05) is 13.5 Å². The van der Waals surface area contributed by atoms with Crippen LogP contribution in [0.25, 0.3) is 0 Å². The molecule has 0 aromatic heterocycles. The molecule has 23 heavy (non-hydrogen) atoms. The Balaban J connectivity index is 2.45. The molecule has 4 N–H and O–H groups in total. The Morgan fingerprint density at radius 2 is 1.78 bits per heavy atom. The van der Waals surface area contributed by atoms with Gasteiger partial charge < -0.3 is 30.1 Å². The van der Waals surface area contributed by atoms with E-state index in [0.29, 0.717) is 6.61 Å². The standard InChI is InChI=1S/C16H31NO6/c1-3-4-5-6-7-8-9-22-16-13(17-11(2)19)15(21)14(20)12(10-18)23-16/h12-16,18,20-21H,3-10H2,1-2H3,(H,17,19)/t12-,13-,14+,15-,16-/m0/s1. The summed E-state index contributed by atoms with van der Waals surface area (Å²) >= 11 is 0. The van der Waals surface area contributed by atoms with E-state index >= 15 is 0 Å². The summed E-state index contributed by atoms with van der Waals surface area (Å²) in [6.07, 6.45) is 2.37. The first-order chi connectivity index (χ1) is 11.0. The van der Waals surface area contributed by atoms with Crippen LogP contribution < -0.4 is 5.32 Å². The molecule has 0 aromatic carbocycles. The number of ether oxygens (including phenoxy) is 2. The predicted molar refractivity (Wildman–Crippen MR) is 84.7 cm³/mol. The number of aliphatic hydroxyl groups is 3. The molecule has 1 saturated heterocycles. The van der Waals surface area contributed by atoms with Gasteiger partial charge in [-0.05, 0) is 6.42 Å². The van der Waals surface area contributed by atoms with Crippen LogP contribution in [-0.2, 0) is 14.3 Å². The number of aliphatic hydroxyl groups excluding tert-OH is 3. The van der Waals surface area contributed by atoms with Crippen LogP contribution in [0.2, 0.25) is 0 Å². The van der Waals surface area contributed by atoms with E-state index in [1.165, 1.54) is 26.2 Å². The second kappa shape index (κ2) is 10.9. The Morgan fingerprint density at radius 1 is 1.13 bits per heavy atom. The van der Waals surface area contributed by atoms with Gasteiger partial charge in [-0.3, -0.25) is 4.79 Å². The molecule has 1 aliphatic rings. The van der Waals surface area contributed by atoms with Crippen molar-refractivity contribution in [3.05, 3.63) is 0 Å². The van der Waals surface area contributed by atoms with Crippen molar-refractivity contribution in [2.45, 2.75) is 83.0 Å². The lowest BCUT2D eigenvalue weighted by Gasteiger charge is -2.42. The van der Waals surface area contributed by atoms with E-state index in [9.17, 15) is 20.1 Å². The van der Waals surface area contributed by atoms with E-state index in [1.54, 1.807) is 0 Å². The zero-order valence-electron chi connectivity index (χ0n) is 14.1. The molecule has 0 spiro atoms. The number of nitrogens with one attached hydrogen (secondary N) is 1. The van der Waals surface area contributed by atoms with Crippen LogP contribution in [0.5, 0.6) is 0 Å². The number of amides is 1. The maximum atomic E-state index is 11.3. The van der Waals surface area contributed by atoms with Crippen LogP contribution in [-0.4, -0.2) is 65.1 Å². The lowest BCUT2D eigenvalue weighted by atomic mass is 9.97. The van der Waals surface area contributed by atoms with E-state index in [-0.39, 0.29) is 5.91 Å². The molecule has 0 saturated carbocycles. The van der Waals surface area contributed by atoms with Crippen LogP contribution in [0.3, 0.4) is 0 Å². The van der Waals surface area contributed by atoms with Crippen molar-refractivity contribution in [1.29, 1.82) is 0 Å². The number of rotatable bonds is 10. The quantitative estimate of drug-likeness (QED) is 0.429. The van der Waals surface area contributed by atoms with Gasteiger partial charge in [-0.2, -0.15) is 0 Å². The molecule has 0 aliphatic carbocycles. The topological polar surface area (TPSA) is 108 Å². The normalized spacial score (nSPS) is 31.1. The molecule has 0 unspecified atom stereocenters. The van der Waals surface area contributed by atoms with Crippen LogP contribution in [0.15, 0.2) is 0 Å². The highest BCUT2D eigenvalue weighted by Gasteiger charge is 2.45. The van der Waals surface area contributed by atoms with Crippen molar-refractivity contribution in [3.63, 3.8) is 0 Å². The second-order valence-electron chi connectivity index (χ2n) is 6.07. The number of carbonyl (C=O) groups excluding carboxylic acids is 1. The minimum absolute atomic E-state index is 0.347. The van der Waals surface area contributed by atoms with E-state index in [1.807, 2.05) is 0 Å². The van der Waals surface area contributed by atoms with Crippen molar-refractivity contribution in [3.8, 4) is 0 Å². The minimum Gasteiger partial charge on any atom is -0.394 e. The van der Waals surface area contributed by atoms with Crippen LogP contribution in [0.1, 0.15) is 52.4 Å². The molecule has 1 rings (SSSR count). The highest BCUT2D eigenvalue weighted by atomic mass is 16.7. The summed E-state index contributed by atoms with van der Waals surface area (Å²) in [6, 6.07) is -0.856. The van der Waals surface area contributed by atoms with Crippen molar-refractivity contribution < 1.29 is 29.6 Å². The summed E-state index contributed by atoms with van der Waals surface area (Å²) in [7, 11) is 0. The van der Waals surface area contributed by atoms with E-state index in [2.05, 4.69) is 12.2 Å². The molecular weight excluding hydrogens is 302 g/mol. The van der Waals surface area contributed by atoms with Gasteiger partial charge in [-0.25, -0.2) is 0 Å². The molecule has 1 aliphatic heterocycles. The van der Waals surface area contributed by atoms with E-state index < -0.39 is 37.3 Å². The number of hydrogen-bond donors (Lipinski definition) is 4. The monoisotopic (exact) mass is 333 g/mol. The lowest BCUT2D eigenvalue weighted by molar-refractivity contribution is -0.270. The van der Waals surface area contributed by atoms with Crippen molar-refractivity contribution in [1.82, 2.24) is 5.32 Å². The highest BCUT2D eigenvalue weighted by Crippen LogP contribution is 2.22. The SMILES string of the molecule is CCCCCCCCO[C@H]1O[C@@H](CO)[C@@H](O)[C@@H](O)[C@@H]1NC(C)=O. The van der Waals surface area contributed by atoms with Gasteiger partial charge in [0.15, 0.2) is 6.29 Å². The summed E-state index contributed by atoms with van der Waals surface area (Å²) in [6.45, 7) is 3.50. The highest BCUT2D eigenvalue weighted by molar-refractivity contribution is 5.73. The zero-order chi connectivity index (χ0) is 17.2. The first-order valence-corrected chi connectivity index (χ1v) is 8.52. The number of carbonyl (C=O) groups is 1. The maximum Gasteiger partial charge on any atom is 0.217 e. The smallest absolute Gasteiger partial charge is 0.217 e. The molecular formula is C16H31NO6. The average molecular weight is 333 g/mol. The average Bonchev–Trinajstić information content (AvgIpc) is 2.52. The summed E-state index contributed by atoms with van der Waals surface area (Å²) in [5, 5.41) is 31.8. The van der Waals surface area contributed by atoms with Crippen LogP contribution in [0.4, 0.5) is 0 Å². The van der Waals surface area contributed by atoms with Gasteiger partial charge in [-0.15, -0.1) is 0 Å². The summed E-state index contributed by atoms with van der Waals surface area (Å²) in [4.78, 5) is 11.3. The Hall–Kier alpha value is -0.730. The minimum atomic E-state index is -1.27. The van der Waals surface area contributed by atoms with Gasteiger partial charge in [0.2, 0.25) is 5.91 Å². The molecule has 0 aromatic rings. The predicted octanol–water partition coefficient (Wildman–Crippen LogP) is 0.307. The first kappa shape index (κ1) is 20.3. The second-order valence-corrected chi connectivity index (χ2v) is 6.07. The van der Waals surface area contributed by atoms with Crippen LogP contribution >= 0.6 is 0 Å². The largest absolute Gasteiger partial charge is 0.394 e. The molecule has 0 bridgehead atoms. The zero-order valence-corrected chi connectivity index (χ0v) is 14.1. The molecule has 1 heterocycles. The van der Waals surface area contributed by atoms with Gasteiger partial charge >= 0.3 is 0 Å². The summed E-state index contributed by atoms with van der Waals surface area (Å²) in [5.41, 5.74) is 0. The molecule has 1 fully saturated rings. The van der Waals surface area contributed by atoms with Gasteiger partial charge in [-0.1, -0.05) is 39.0 Å². The van der Waals surface area contributed by atoms with Gasteiger partial charge in [0.05, 0.1) is 6.61 Å². The van der Waals surface area contributed by atoms with Crippen molar-refractivity contribution >= 4 is 5.91 Å². The molecule has 136 valence electrons. The Kier molecular flexibility index (Phi) is 9.66. The Labute approximate surface area is 138 Å².